The van der Waals surface area contributed by atoms with Crippen molar-refractivity contribution in [3.63, 3.8) is 0 Å². The van der Waals surface area contributed by atoms with E-state index in [4.69, 9.17) is 14.2 Å². The SMILES string of the molecule is CCCOc1cccc(CNC(=NC)NCCc2ccc(OC)c(OC)c2)c1.I. The van der Waals surface area contributed by atoms with Crippen LogP contribution in [-0.2, 0) is 13.0 Å². The Morgan fingerprint density at radius 3 is 2.45 bits per heavy atom. The highest BCUT2D eigenvalue weighted by Gasteiger charge is 2.05. The van der Waals surface area contributed by atoms with Crippen LogP contribution in [0.3, 0.4) is 0 Å². The first-order valence-electron chi connectivity index (χ1n) is 9.57. The molecule has 0 unspecified atom stereocenters. The van der Waals surface area contributed by atoms with Crippen LogP contribution in [0.1, 0.15) is 24.5 Å². The number of nitrogens with zero attached hydrogens (tertiary/aromatic N) is 1. The summed E-state index contributed by atoms with van der Waals surface area (Å²) in [7, 11) is 5.06. The molecular weight excluding hydrogens is 481 g/mol. The first-order valence-corrected chi connectivity index (χ1v) is 9.57. The number of guanidine groups is 1. The van der Waals surface area contributed by atoms with E-state index < -0.39 is 0 Å². The predicted octanol–water partition coefficient (Wildman–Crippen LogP) is 4.02. The number of rotatable bonds is 10. The number of hydrogen-bond donors (Lipinski definition) is 2. The van der Waals surface area contributed by atoms with E-state index in [1.165, 1.54) is 5.56 Å². The Morgan fingerprint density at radius 1 is 0.966 bits per heavy atom. The Hall–Kier alpha value is -2.16. The lowest BCUT2D eigenvalue weighted by Crippen LogP contribution is -2.37. The topological polar surface area (TPSA) is 64.1 Å². The van der Waals surface area contributed by atoms with E-state index in [2.05, 4.69) is 34.7 Å². The zero-order chi connectivity index (χ0) is 20.2. The third-order valence-corrected chi connectivity index (χ3v) is 4.21. The molecule has 29 heavy (non-hydrogen) atoms. The van der Waals surface area contributed by atoms with Crippen LogP contribution < -0.4 is 24.8 Å². The summed E-state index contributed by atoms with van der Waals surface area (Å²) in [5, 5.41) is 6.67. The van der Waals surface area contributed by atoms with Gasteiger partial charge in [-0.3, -0.25) is 4.99 Å². The fourth-order valence-corrected chi connectivity index (χ4v) is 2.73. The minimum absolute atomic E-state index is 0. The van der Waals surface area contributed by atoms with Crippen molar-refractivity contribution in [1.29, 1.82) is 0 Å². The molecule has 0 fully saturated rings. The predicted molar refractivity (Wildman–Crippen MR) is 129 cm³/mol. The van der Waals surface area contributed by atoms with E-state index in [1.54, 1.807) is 21.3 Å². The highest BCUT2D eigenvalue weighted by Crippen LogP contribution is 2.27. The fraction of sp³-hybridized carbons (Fsp3) is 0.409. The van der Waals surface area contributed by atoms with Gasteiger partial charge in [0.15, 0.2) is 17.5 Å². The van der Waals surface area contributed by atoms with E-state index in [9.17, 15) is 0 Å². The second-order valence-corrected chi connectivity index (χ2v) is 6.29. The third kappa shape index (κ3) is 8.39. The molecule has 7 heteroatoms. The highest BCUT2D eigenvalue weighted by atomic mass is 127. The van der Waals surface area contributed by atoms with Gasteiger partial charge in [0.05, 0.1) is 20.8 Å². The van der Waals surface area contributed by atoms with Gasteiger partial charge in [0.1, 0.15) is 5.75 Å². The van der Waals surface area contributed by atoms with Crippen LogP contribution in [0, 0.1) is 0 Å². The molecular formula is C22H32IN3O3. The summed E-state index contributed by atoms with van der Waals surface area (Å²) in [4.78, 5) is 4.29. The van der Waals surface area contributed by atoms with Crippen molar-refractivity contribution < 1.29 is 14.2 Å². The molecule has 2 aromatic rings. The van der Waals surface area contributed by atoms with Gasteiger partial charge >= 0.3 is 0 Å². The Balaban J connectivity index is 0.00000420. The lowest BCUT2D eigenvalue weighted by atomic mass is 10.1. The molecule has 6 nitrogen and oxygen atoms in total. The maximum Gasteiger partial charge on any atom is 0.191 e. The van der Waals surface area contributed by atoms with Crippen molar-refractivity contribution in [1.82, 2.24) is 10.6 Å². The van der Waals surface area contributed by atoms with Crippen LogP contribution in [0.5, 0.6) is 17.2 Å². The van der Waals surface area contributed by atoms with Gasteiger partial charge in [0.2, 0.25) is 0 Å². The summed E-state index contributed by atoms with van der Waals surface area (Å²) < 4.78 is 16.3. The molecule has 0 bridgehead atoms. The molecule has 0 saturated carbocycles. The van der Waals surface area contributed by atoms with Gasteiger partial charge in [0, 0.05) is 20.1 Å². The van der Waals surface area contributed by atoms with Gasteiger partial charge in [-0.1, -0.05) is 25.1 Å². The summed E-state index contributed by atoms with van der Waals surface area (Å²) in [6, 6.07) is 14.1. The molecule has 0 heterocycles. The smallest absolute Gasteiger partial charge is 0.191 e. The van der Waals surface area contributed by atoms with Crippen LogP contribution in [0.15, 0.2) is 47.5 Å². The number of methoxy groups -OCH3 is 2. The maximum atomic E-state index is 5.69. The van der Waals surface area contributed by atoms with E-state index in [-0.39, 0.29) is 24.0 Å². The molecule has 0 aliphatic heterocycles. The molecule has 0 aromatic heterocycles. The molecule has 0 saturated heterocycles. The summed E-state index contributed by atoms with van der Waals surface area (Å²) in [5.41, 5.74) is 2.32. The van der Waals surface area contributed by atoms with Crippen LogP contribution in [-0.4, -0.2) is 40.4 Å². The Morgan fingerprint density at radius 2 is 1.76 bits per heavy atom. The van der Waals surface area contributed by atoms with Crippen molar-refractivity contribution >= 4 is 29.9 Å². The minimum Gasteiger partial charge on any atom is -0.494 e. The van der Waals surface area contributed by atoms with Crippen molar-refractivity contribution in [3.05, 3.63) is 53.6 Å². The van der Waals surface area contributed by atoms with E-state index in [0.29, 0.717) is 6.54 Å². The first-order chi connectivity index (χ1) is 13.7. The molecule has 0 aliphatic rings. The lowest BCUT2D eigenvalue weighted by molar-refractivity contribution is 0.317. The highest BCUT2D eigenvalue weighted by molar-refractivity contribution is 14.0. The van der Waals surface area contributed by atoms with Gasteiger partial charge in [-0.15, -0.1) is 24.0 Å². The second-order valence-electron chi connectivity index (χ2n) is 6.29. The molecule has 0 amide bonds. The standard InChI is InChI=1S/C22H31N3O3.HI/c1-5-13-28-19-8-6-7-18(14-19)16-25-22(23-2)24-12-11-17-9-10-20(26-3)21(15-17)27-4;/h6-10,14-15H,5,11-13,16H2,1-4H3,(H2,23,24,25);1H. The summed E-state index contributed by atoms with van der Waals surface area (Å²) in [6.07, 6.45) is 1.85. The average Bonchev–Trinajstić information content (AvgIpc) is 2.74. The van der Waals surface area contributed by atoms with Gasteiger partial charge in [-0.05, 0) is 48.2 Å². The second kappa shape index (κ2) is 13.9. The van der Waals surface area contributed by atoms with E-state index in [1.807, 2.05) is 30.3 Å². The molecule has 0 aliphatic carbocycles. The number of nitrogens with one attached hydrogen (secondary N) is 2. The summed E-state index contributed by atoms with van der Waals surface area (Å²) in [6.45, 7) is 4.27. The minimum atomic E-state index is 0. The fourth-order valence-electron chi connectivity index (χ4n) is 2.73. The van der Waals surface area contributed by atoms with Crippen LogP contribution in [0.2, 0.25) is 0 Å². The van der Waals surface area contributed by atoms with Gasteiger partial charge in [-0.25, -0.2) is 0 Å². The quantitative estimate of drug-likeness (QED) is 0.286. The average molecular weight is 513 g/mol. The van der Waals surface area contributed by atoms with Crippen molar-refractivity contribution in [2.24, 2.45) is 4.99 Å². The number of ether oxygens (including phenoxy) is 3. The van der Waals surface area contributed by atoms with Crippen LogP contribution in [0.25, 0.3) is 0 Å². The first kappa shape index (κ1) is 24.9. The monoisotopic (exact) mass is 513 g/mol. The molecule has 2 rings (SSSR count). The largest absolute Gasteiger partial charge is 0.494 e. The van der Waals surface area contributed by atoms with Gasteiger partial charge in [-0.2, -0.15) is 0 Å². The Labute approximate surface area is 191 Å². The zero-order valence-electron chi connectivity index (χ0n) is 17.7. The Kier molecular flexibility index (Phi) is 11.9. The molecule has 2 aromatic carbocycles. The van der Waals surface area contributed by atoms with E-state index >= 15 is 0 Å². The number of halogens is 1. The van der Waals surface area contributed by atoms with Crippen LogP contribution >= 0.6 is 24.0 Å². The van der Waals surface area contributed by atoms with Crippen molar-refractivity contribution in [2.75, 3.05) is 34.4 Å². The van der Waals surface area contributed by atoms with Gasteiger partial charge in [0.25, 0.3) is 0 Å². The zero-order valence-corrected chi connectivity index (χ0v) is 20.0. The number of benzene rings is 2. The molecule has 160 valence electrons. The number of aliphatic imine (C=N–C) groups is 1. The maximum absolute atomic E-state index is 5.69. The summed E-state index contributed by atoms with van der Waals surface area (Å²) in [5.74, 6) is 3.15. The van der Waals surface area contributed by atoms with Crippen LogP contribution in [0.4, 0.5) is 0 Å². The lowest BCUT2D eigenvalue weighted by Gasteiger charge is -2.13. The Bertz CT molecular complexity index is 769. The van der Waals surface area contributed by atoms with Gasteiger partial charge < -0.3 is 24.8 Å². The van der Waals surface area contributed by atoms with E-state index in [0.717, 1.165) is 54.8 Å². The molecule has 0 spiro atoms. The summed E-state index contributed by atoms with van der Waals surface area (Å²) >= 11 is 0. The normalized spacial score (nSPS) is 10.7. The van der Waals surface area contributed by atoms with Crippen molar-refractivity contribution in [2.45, 2.75) is 26.3 Å². The molecule has 0 radical (unpaired) electrons. The molecule has 0 atom stereocenters. The number of hydrogen-bond acceptors (Lipinski definition) is 4. The third-order valence-electron chi connectivity index (χ3n) is 4.21. The van der Waals surface area contributed by atoms with Crippen molar-refractivity contribution in [3.8, 4) is 17.2 Å². The molecule has 2 N–H and O–H groups in total.